The third kappa shape index (κ3) is 2.55. The third-order valence-corrected chi connectivity index (χ3v) is 3.07. The van der Waals surface area contributed by atoms with Crippen molar-refractivity contribution in [2.45, 2.75) is 39.7 Å². The number of nitrogens with zero attached hydrogens (tertiary/aromatic N) is 1. The average Bonchev–Trinajstić information content (AvgIpc) is 2.27. The standard InChI is InChI=1S/C15H18NO.V/c1-10(2)13-9-15(17)16(11(3)4)14-8-6-5-7-12(13)14;/h5,7-11H,1-4H3;/q-1;. The van der Waals surface area contributed by atoms with Gasteiger partial charge < -0.3 is 4.57 Å². The van der Waals surface area contributed by atoms with Crippen LogP contribution >= 0.6 is 0 Å². The van der Waals surface area contributed by atoms with Crippen LogP contribution in [0, 0.1) is 6.07 Å². The summed E-state index contributed by atoms with van der Waals surface area (Å²) in [5.74, 6) is 0.356. The molecule has 1 aromatic heterocycles. The molecule has 1 radical (unpaired) electrons. The summed E-state index contributed by atoms with van der Waals surface area (Å²) in [6.07, 6.45) is 0. The topological polar surface area (TPSA) is 22.0 Å². The van der Waals surface area contributed by atoms with Crippen molar-refractivity contribution in [1.82, 2.24) is 4.57 Å². The van der Waals surface area contributed by atoms with E-state index in [4.69, 9.17) is 0 Å². The van der Waals surface area contributed by atoms with E-state index in [9.17, 15) is 4.79 Å². The Morgan fingerprint density at radius 3 is 2.44 bits per heavy atom. The molecule has 0 unspecified atom stereocenters. The molecule has 1 aromatic carbocycles. The Kier molecular flexibility index (Phi) is 4.83. The molecule has 0 aliphatic heterocycles. The van der Waals surface area contributed by atoms with Gasteiger partial charge in [0.05, 0.1) is 0 Å². The van der Waals surface area contributed by atoms with Gasteiger partial charge in [0.25, 0.3) is 0 Å². The molecule has 0 bridgehead atoms. The Labute approximate surface area is 120 Å². The number of fused-ring (bicyclic) bond motifs is 1. The van der Waals surface area contributed by atoms with Crippen LogP contribution in [-0.2, 0) is 18.6 Å². The first-order valence-corrected chi connectivity index (χ1v) is 6.07. The molecule has 2 aromatic rings. The molecule has 0 aliphatic carbocycles. The van der Waals surface area contributed by atoms with Gasteiger partial charge in [-0.2, -0.15) is 24.3 Å². The van der Waals surface area contributed by atoms with Gasteiger partial charge in [0, 0.05) is 30.7 Å². The normalized spacial score (nSPS) is 11.0. The summed E-state index contributed by atoms with van der Waals surface area (Å²) in [6.45, 7) is 8.29. The quantitative estimate of drug-likeness (QED) is 0.771. The molecule has 0 saturated heterocycles. The monoisotopic (exact) mass is 279 g/mol. The molecule has 0 aliphatic rings. The van der Waals surface area contributed by atoms with Crippen LogP contribution in [0.2, 0.25) is 0 Å². The van der Waals surface area contributed by atoms with E-state index in [0.717, 1.165) is 16.5 Å². The Morgan fingerprint density at radius 2 is 1.89 bits per heavy atom. The van der Waals surface area contributed by atoms with E-state index in [1.54, 1.807) is 6.07 Å². The van der Waals surface area contributed by atoms with Crippen molar-refractivity contribution in [3.63, 3.8) is 0 Å². The van der Waals surface area contributed by atoms with Crippen LogP contribution in [0.5, 0.6) is 0 Å². The van der Waals surface area contributed by atoms with Crippen molar-refractivity contribution < 1.29 is 18.6 Å². The summed E-state index contributed by atoms with van der Waals surface area (Å²) in [5, 5.41) is 1.16. The fourth-order valence-electron chi connectivity index (χ4n) is 2.27. The van der Waals surface area contributed by atoms with Crippen LogP contribution in [0.15, 0.2) is 29.1 Å². The Hall–Kier alpha value is -0.986. The van der Waals surface area contributed by atoms with Gasteiger partial charge in [-0.3, -0.25) is 4.79 Å². The number of aromatic nitrogens is 1. The molecule has 18 heavy (non-hydrogen) atoms. The predicted molar refractivity (Wildman–Crippen MR) is 71.5 cm³/mol. The van der Waals surface area contributed by atoms with Crippen molar-refractivity contribution >= 4 is 10.9 Å². The van der Waals surface area contributed by atoms with Crippen LogP contribution in [0.25, 0.3) is 10.9 Å². The molecule has 95 valence electrons. The molecule has 3 heteroatoms. The maximum absolute atomic E-state index is 12.1. The fourth-order valence-corrected chi connectivity index (χ4v) is 2.27. The van der Waals surface area contributed by atoms with Crippen molar-refractivity contribution in [3.8, 4) is 0 Å². The number of hydrogen-bond acceptors (Lipinski definition) is 1. The SMILES string of the molecule is CC(C)c1cc(=O)n(C(C)C)c2c[c-]ccc12.[V]. The molecule has 0 fully saturated rings. The van der Waals surface area contributed by atoms with Crippen molar-refractivity contribution in [3.05, 3.63) is 46.2 Å². The molecule has 0 saturated carbocycles. The molecule has 0 spiro atoms. The number of benzene rings is 1. The van der Waals surface area contributed by atoms with Gasteiger partial charge in [-0.25, -0.2) is 0 Å². The van der Waals surface area contributed by atoms with E-state index in [1.165, 1.54) is 0 Å². The van der Waals surface area contributed by atoms with Gasteiger partial charge >= 0.3 is 0 Å². The molecular formula is C15H18NOV-. The molecule has 2 rings (SSSR count). The van der Waals surface area contributed by atoms with Gasteiger partial charge in [-0.1, -0.05) is 24.9 Å². The second kappa shape index (κ2) is 5.77. The van der Waals surface area contributed by atoms with Crippen LogP contribution in [0.4, 0.5) is 0 Å². The third-order valence-electron chi connectivity index (χ3n) is 3.07. The van der Waals surface area contributed by atoms with Crippen LogP contribution in [-0.4, -0.2) is 4.57 Å². The van der Waals surface area contributed by atoms with Crippen molar-refractivity contribution in [2.24, 2.45) is 0 Å². The zero-order valence-corrected chi connectivity index (χ0v) is 12.7. The number of rotatable bonds is 2. The average molecular weight is 279 g/mol. The number of hydrogen-bond donors (Lipinski definition) is 0. The summed E-state index contributed by atoms with van der Waals surface area (Å²) >= 11 is 0. The summed E-state index contributed by atoms with van der Waals surface area (Å²) in [4.78, 5) is 12.1. The summed E-state index contributed by atoms with van der Waals surface area (Å²) in [6, 6.07) is 10.9. The molecule has 0 amide bonds. The largest absolute Gasteiger partial charge is 0.360 e. The Bertz CT molecular complexity index is 599. The zero-order valence-electron chi connectivity index (χ0n) is 11.3. The number of pyridine rings is 1. The van der Waals surface area contributed by atoms with E-state index in [2.05, 4.69) is 19.9 Å². The van der Waals surface area contributed by atoms with E-state index in [-0.39, 0.29) is 30.2 Å². The molecule has 0 atom stereocenters. The smallest absolute Gasteiger partial charge is 0.240 e. The van der Waals surface area contributed by atoms with E-state index in [0.29, 0.717) is 5.92 Å². The molecule has 0 N–H and O–H groups in total. The van der Waals surface area contributed by atoms with E-state index < -0.39 is 0 Å². The van der Waals surface area contributed by atoms with Crippen molar-refractivity contribution in [1.29, 1.82) is 0 Å². The van der Waals surface area contributed by atoms with Gasteiger partial charge in [-0.05, 0) is 19.8 Å². The maximum atomic E-state index is 12.1. The second-order valence-corrected chi connectivity index (χ2v) is 5.00. The van der Waals surface area contributed by atoms with E-state index in [1.807, 2.05) is 36.6 Å². The summed E-state index contributed by atoms with van der Waals surface area (Å²) in [5.41, 5.74) is 2.19. The Morgan fingerprint density at radius 1 is 1.22 bits per heavy atom. The van der Waals surface area contributed by atoms with Crippen LogP contribution in [0.1, 0.15) is 45.2 Å². The minimum absolute atomic E-state index is 0. The van der Waals surface area contributed by atoms with Gasteiger partial charge in [-0.15, -0.1) is 5.39 Å². The molecule has 1 heterocycles. The van der Waals surface area contributed by atoms with Gasteiger partial charge in [0.15, 0.2) is 0 Å². The van der Waals surface area contributed by atoms with Gasteiger partial charge in [0.1, 0.15) is 0 Å². The van der Waals surface area contributed by atoms with E-state index >= 15 is 0 Å². The molecular weight excluding hydrogens is 261 g/mol. The fraction of sp³-hybridized carbons (Fsp3) is 0.400. The summed E-state index contributed by atoms with van der Waals surface area (Å²) in [7, 11) is 0. The van der Waals surface area contributed by atoms with Crippen LogP contribution < -0.4 is 5.56 Å². The first-order valence-electron chi connectivity index (χ1n) is 6.07. The Balaban J connectivity index is 0.00000162. The zero-order chi connectivity index (χ0) is 12.6. The minimum Gasteiger partial charge on any atom is -0.360 e. The maximum Gasteiger partial charge on any atom is 0.240 e. The minimum atomic E-state index is 0. The molecule has 2 nitrogen and oxygen atoms in total. The summed E-state index contributed by atoms with van der Waals surface area (Å²) < 4.78 is 1.83. The van der Waals surface area contributed by atoms with Crippen LogP contribution in [0.3, 0.4) is 0 Å². The van der Waals surface area contributed by atoms with Crippen molar-refractivity contribution in [2.75, 3.05) is 0 Å². The van der Waals surface area contributed by atoms with Gasteiger partial charge in [0.2, 0.25) is 5.56 Å². The predicted octanol–water partition coefficient (Wildman–Crippen LogP) is 3.50. The first-order chi connectivity index (χ1) is 8.02. The first kappa shape index (κ1) is 15.1. The second-order valence-electron chi connectivity index (χ2n) is 5.00.